The van der Waals surface area contributed by atoms with Gasteiger partial charge in [-0.05, 0) is 32.9 Å². The molecule has 0 amide bonds. The summed E-state index contributed by atoms with van der Waals surface area (Å²) in [6, 6.07) is 0. The summed E-state index contributed by atoms with van der Waals surface area (Å²) in [7, 11) is 3.49. The van der Waals surface area contributed by atoms with E-state index in [1.54, 1.807) is 14.2 Å². The Labute approximate surface area is 106 Å². The molecule has 0 spiro atoms. The van der Waals surface area contributed by atoms with Crippen LogP contribution in [0, 0.1) is 0 Å². The van der Waals surface area contributed by atoms with Crippen molar-refractivity contribution in [1.82, 2.24) is 10.2 Å². The van der Waals surface area contributed by atoms with Crippen LogP contribution in [0.2, 0.25) is 0 Å². The van der Waals surface area contributed by atoms with Gasteiger partial charge < -0.3 is 14.8 Å². The first-order valence-corrected chi connectivity index (χ1v) is 6.62. The van der Waals surface area contributed by atoms with E-state index in [0.717, 1.165) is 32.6 Å². The van der Waals surface area contributed by atoms with Gasteiger partial charge in [-0.1, -0.05) is 6.92 Å². The first-order chi connectivity index (χ1) is 8.13. The Kier molecular flexibility index (Phi) is 6.41. The van der Waals surface area contributed by atoms with E-state index in [9.17, 15) is 0 Å². The molecular formula is C13H28N2O2. The van der Waals surface area contributed by atoms with E-state index >= 15 is 0 Å². The molecule has 4 nitrogen and oxygen atoms in total. The lowest BCUT2D eigenvalue weighted by Gasteiger charge is -2.34. The zero-order valence-corrected chi connectivity index (χ0v) is 11.8. The predicted molar refractivity (Wildman–Crippen MR) is 70.4 cm³/mol. The standard InChI is InChI=1S/C13H28N2O2/c1-5-13(2)11-15(8-6-7-14-13)9-12(17-4)10-16-3/h12,14H,5-11H2,1-4H3. The molecule has 1 saturated heterocycles. The van der Waals surface area contributed by atoms with Gasteiger partial charge in [-0.2, -0.15) is 0 Å². The van der Waals surface area contributed by atoms with Gasteiger partial charge in [0.05, 0.1) is 12.7 Å². The molecule has 1 fully saturated rings. The number of nitrogens with zero attached hydrogens (tertiary/aromatic N) is 1. The van der Waals surface area contributed by atoms with Gasteiger partial charge in [-0.3, -0.25) is 4.90 Å². The van der Waals surface area contributed by atoms with E-state index in [2.05, 4.69) is 24.1 Å². The minimum Gasteiger partial charge on any atom is -0.382 e. The maximum Gasteiger partial charge on any atom is 0.0931 e. The van der Waals surface area contributed by atoms with Crippen LogP contribution in [0.25, 0.3) is 0 Å². The Morgan fingerprint density at radius 2 is 2.18 bits per heavy atom. The van der Waals surface area contributed by atoms with Gasteiger partial charge in [0.15, 0.2) is 0 Å². The van der Waals surface area contributed by atoms with Gasteiger partial charge in [0.25, 0.3) is 0 Å². The Bertz CT molecular complexity index is 214. The van der Waals surface area contributed by atoms with Crippen molar-refractivity contribution in [2.45, 2.75) is 38.3 Å². The molecule has 1 heterocycles. The van der Waals surface area contributed by atoms with Crippen molar-refractivity contribution in [2.24, 2.45) is 0 Å². The van der Waals surface area contributed by atoms with Crippen LogP contribution in [0.15, 0.2) is 0 Å². The van der Waals surface area contributed by atoms with Crippen LogP contribution in [0.5, 0.6) is 0 Å². The predicted octanol–water partition coefficient (Wildman–Crippen LogP) is 1.11. The van der Waals surface area contributed by atoms with E-state index in [0.29, 0.717) is 6.61 Å². The lowest BCUT2D eigenvalue weighted by molar-refractivity contribution is 0.00345. The second-order valence-electron chi connectivity index (χ2n) is 5.24. The van der Waals surface area contributed by atoms with Crippen molar-refractivity contribution >= 4 is 0 Å². The molecule has 1 aliphatic heterocycles. The monoisotopic (exact) mass is 244 g/mol. The number of ether oxygens (including phenoxy) is 2. The SMILES string of the molecule is CCC1(C)CN(CC(COC)OC)CCCN1. The lowest BCUT2D eigenvalue weighted by atomic mass is 9.98. The molecule has 0 bridgehead atoms. The molecule has 0 aliphatic carbocycles. The summed E-state index contributed by atoms with van der Waals surface area (Å²) in [6.07, 6.45) is 2.55. The first kappa shape index (κ1) is 14.9. The van der Waals surface area contributed by atoms with Crippen LogP contribution in [-0.4, -0.2) is 63.5 Å². The third-order valence-corrected chi connectivity index (χ3v) is 3.70. The molecular weight excluding hydrogens is 216 g/mol. The molecule has 102 valence electrons. The average Bonchev–Trinajstić information content (AvgIpc) is 2.51. The maximum absolute atomic E-state index is 5.45. The summed E-state index contributed by atoms with van der Waals surface area (Å²) < 4.78 is 10.6. The highest BCUT2D eigenvalue weighted by atomic mass is 16.5. The third-order valence-electron chi connectivity index (χ3n) is 3.70. The van der Waals surface area contributed by atoms with Crippen LogP contribution in [0.1, 0.15) is 26.7 Å². The van der Waals surface area contributed by atoms with Crippen molar-refractivity contribution < 1.29 is 9.47 Å². The van der Waals surface area contributed by atoms with Gasteiger partial charge in [-0.15, -0.1) is 0 Å². The van der Waals surface area contributed by atoms with Gasteiger partial charge in [0.1, 0.15) is 0 Å². The summed E-state index contributed by atoms with van der Waals surface area (Å²) in [6.45, 7) is 9.54. The number of hydrogen-bond donors (Lipinski definition) is 1. The van der Waals surface area contributed by atoms with Crippen molar-refractivity contribution in [3.8, 4) is 0 Å². The topological polar surface area (TPSA) is 33.7 Å². The molecule has 1 N–H and O–H groups in total. The average molecular weight is 244 g/mol. The zero-order chi connectivity index (χ0) is 12.7. The minimum atomic E-state index is 0.180. The molecule has 1 aliphatic rings. The molecule has 2 unspecified atom stereocenters. The maximum atomic E-state index is 5.45. The second-order valence-corrected chi connectivity index (χ2v) is 5.24. The molecule has 0 saturated carbocycles. The Morgan fingerprint density at radius 3 is 2.76 bits per heavy atom. The Balaban J connectivity index is 2.50. The van der Waals surface area contributed by atoms with Crippen LogP contribution >= 0.6 is 0 Å². The fraction of sp³-hybridized carbons (Fsp3) is 1.00. The smallest absolute Gasteiger partial charge is 0.0931 e. The molecule has 17 heavy (non-hydrogen) atoms. The molecule has 0 radical (unpaired) electrons. The van der Waals surface area contributed by atoms with Gasteiger partial charge in [0.2, 0.25) is 0 Å². The fourth-order valence-electron chi connectivity index (χ4n) is 2.38. The Hall–Kier alpha value is -0.160. The Morgan fingerprint density at radius 1 is 1.41 bits per heavy atom. The number of rotatable bonds is 6. The highest BCUT2D eigenvalue weighted by molar-refractivity contribution is 4.88. The molecule has 0 aromatic rings. The van der Waals surface area contributed by atoms with Crippen molar-refractivity contribution in [1.29, 1.82) is 0 Å². The van der Waals surface area contributed by atoms with Crippen molar-refractivity contribution in [2.75, 3.05) is 47.0 Å². The van der Waals surface area contributed by atoms with E-state index in [1.807, 2.05) is 0 Å². The summed E-state index contributed by atoms with van der Waals surface area (Å²) in [4.78, 5) is 2.50. The largest absolute Gasteiger partial charge is 0.382 e. The molecule has 0 aromatic carbocycles. The van der Waals surface area contributed by atoms with E-state index in [-0.39, 0.29) is 11.6 Å². The van der Waals surface area contributed by atoms with Crippen LogP contribution in [0.4, 0.5) is 0 Å². The van der Waals surface area contributed by atoms with Gasteiger partial charge in [-0.25, -0.2) is 0 Å². The van der Waals surface area contributed by atoms with Crippen LogP contribution in [0.3, 0.4) is 0 Å². The van der Waals surface area contributed by atoms with Crippen LogP contribution in [-0.2, 0) is 9.47 Å². The van der Waals surface area contributed by atoms with Crippen molar-refractivity contribution in [3.63, 3.8) is 0 Å². The fourth-order valence-corrected chi connectivity index (χ4v) is 2.38. The normalized spacial score (nSPS) is 28.9. The minimum absolute atomic E-state index is 0.180. The first-order valence-electron chi connectivity index (χ1n) is 6.62. The molecule has 1 rings (SSSR count). The molecule has 2 atom stereocenters. The highest BCUT2D eigenvalue weighted by Crippen LogP contribution is 2.15. The summed E-state index contributed by atoms with van der Waals surface area (Å²) in [5.41, 5.74) is 0.238. The number of methoxy groups -OCH3 is 2. The summed E-state index contributed by atoms with van der Waals surface area (Å²) in [5, 5.41) is 3.65. The summed E-state index contributed by atoms with van der Waals surface area (Å²) in [5.74, 6) is 0. The van der Waals surface area contributed by atoms with Gasteiger partial charge in [0, 0.05) is 32.8 Å². The quantitative estimate of drug-likeness (QED) is 0.759. The van der Waals surface area contributed by atoms with Crippen LogP contribution < -0.4 is 5.32 Å². The molecule has 0 aromatic heterocycles. The van der Waals surface area contributed by atoms with Crippen molar-refractivity contribution in [3.05, 3.63) is 0 Å². The van der Waals surface area contributed by atoms with E-state index < -0.39 is 0 Å². The summed E-state index contributed by atoms with van der Waals surface area (Å²) >= 11 is 0. The highest BCUT2D eigenvalue weighted by Gasteiger charge is 2.28. The van der Waals surface area contributed by atoms with E-state index in [4.69, 9.17) is 9.47 Å². The van der Waals surface area contributed by atoms with Gasteiger partial charge >= 0.3 is 0 Å². The van der Waals surface area contributed by atoms with E-state index in [1.165, 1.54) is 6.42 Å². The number of hydrogen-bond acceptors (Lipinski definition) is 4. The molecule has 4 heteroatoms. The lowest BCUT2D eigenvalue weighted by Crippen LogP contribution is -2.50. The second kappa shape index (κ2) is 7.31. The zero-order valence-electron chi connectivity index (χ0n) is 11.8. The third kappa shape index (κ3) is 4.92. The number of nitrogens with one attached hydrogen (secondary N) is 1.